The van der Waals surface area contributed by atoms with Crippen molar-refractivity contribution in [3.8, 4) is 0 Å². The summed E-state index contributed by atoms with van der Waals surface area (Å²) in [6.07, 6.45) is 16.3. The predicted molar refractivity (Wildman–Crippen MR) is 162 cm³/mol. The zero-order chi connectivity index (χ0) is 30.3. The fraction of sp³-hybridized carbons (Fsp3) is 0.788. The van der Waals surface area contributed by atoms with E-state index in [0.29, 0.717) is 43.7 Å². The van der Waals surface area contributed by atoms with Gasteiger partial charge < -0.3 is 24.9 Å². The van der Waals surface area contributed by atoms with E-state index in [4.69, 9.17) is 9.47 Å². The van der Waals surface area contributed by atoms with Gasteiger partial charge in [-0.2, -0.15) is 0 Å². The highest BCUT2D eigenvalue weighted by Gasteiger charge is 2.46. The number of amides is 1. The number of carbonyl (C=O) groups excluding carboxylic acids is 2. The molecule has 1 fully saturated rings. The zero-order valence-corrected chi connectivity index (χ0v) is 26.3. The van der Waals surface area contributed by atoms with Crippen molar-refractivity contribution in [2.24, 2.45) is 5.41 Å². The molecule has 0 radical (unpaired) electrons. The lowest BCUT2D eigenvalue weighted by atomic mass is 9.80. The van der Waals surface area contributed by atoms with Gasteiger partial charge in [0.25, 0.3) is 0 Å². The molecule has 2 heterocycles. The summed E-state index contributed by atoms with van der Waals surface area (Å²) >= 11 is 0. The maximum absolute atomic E-state index is 13.6. The minimum atomic E-state index is -0.924. The quantitative estimate of drug-likeness (QED) is 0.103. The second kappa shape index (κ2) is 17.7. The van der Waals surface area contributed by atoms with Crippen molar-refractivity contribution in [1.29, 1.82) is 0 Å². The van der Waals surface area contributed by atoms with Crippen LogP contribution in [0.25, 0.3) is 0 Å². The summed E-state index contributed by atoms with van der Waals surface area (Å²) in [6.45, 7) is 10.6. The van der Waals surface area contributed by atoms with Crippen LogP contribution in [0.1, 0.15) is 153 Å². The number of ether oxygens (including phenoxy) is 2. The summed E-state index contributed by atoms with van der Waals surface area (Å²) in [7, 11) is 0. The summed E-state index contributed by atoms with van der Waals surface area (Å²) < 4.78 is 11.8. The second-order valence-corrected chi connectivity index (χ2v) is 12.9. The normalized spacial score (nSPS) is 18.6. The molecule has 3 N–H and O–H groups in total. The smallest absolute Gasteiger partial charge is 0.304 e. The first-order valence-corrected chi connectivity index (χ1v) is 16.0. The first kappa shape index (κ1) is 35.0. The van der Waals surface area contributed by atoms with Gasteiger partial charge in [-0.15, -0.1) is 0 Å². The lowest BCUT2D eigenvalue weighted by Gasteiger charge is -2.45. The van der Waals surface area contributed by atoms with Crippen molar-refractivity contribution in [3.63, 3.8) is 0 Å². The van der Waals surface area contributed by atoms with E-state index in [2.05, 4.69) is 17.2 Å². The number of hydrogen-bond acceptors (Lipinski definition) is 5. The maximum atomic E-state index is 13.6. The minimum Gasteiger partial charge on any atom is -0.481 e. The Bertz CT molecular complexity index is 938. The molecule has 1 aromatic heterocycles. The van der Waals surface area contributed by atoms with Gasteiger partial charge in [0, 0.05) is 41.8 Å². The molecule has 0 aromatic carbocycles. The van der Waals surface area contributed by atoms with Gasteiger partial charge in [-0.1, -0.05) is 85.0 Å². The molecule has 1 aromatic rings. The Morgan fingerprint density at radius 3 is 2.20 bits per heavy atom. The van der Waals surface area contributed by atoms with E-state index in [9.17, 15) is 19.5 Å². The Hall–Kier alpha value is -2.19. The molecule has 1 amide bonds. The van der Waals surface area contributed by atoms with E-state index in [1.165, 1.54) is 57.8 Å². The molecule has 41 heavy (non-hydrogen) atoms. The van der Waals surface area contributed by atoms with Crippen molar-refractivity contribution >= 4 is 17.7 Å². The predicted octanol–water partition coefficient (Wildman–Crippen LogP) is 7.53. The van der Waals surface area contributed by atoms with Gasteiger partial charge in [0.1, 0.15) is 6.10 Å². The molecule has 234 valence electrons. The van der Waals surface area contributed by atoms with E-state index >= 15 is 0 Å². The number of ketones is 1. The third kappa shape index (κ3) is 12.7. The standard InChI is InChI=1S/C33H56N2O6/c1-6-7-8-9-10-11-12-13-14-15-16-19-27(36)34-21-17-18-25(23-28(37)38)29-26(20-22-35-29)30(39)31-32(2,3)24-40-33(4,5)41-31/h20,22,25,31,35H,6-19,21,23-24H2,1-5H3,(H,34,36)(H,37,38). The van der Waals surface area contributed by atoms with Gasteiger partial charge in [-0.05, 0) is 39.2 Å². The lowest BCUT2D eigenvalue weighted by molar-refractivity contribution is -0.298. The van der Waals surface area contributed by atoms with Crippen LogP contribution in [0.4, 0.5) is 0 Å². The second-order valence-electron chi connectivity index (χ2n) is 12.9. The number of nitrogens with one attached hydrogen (secondary N) is 2. The molecular formula is C33H56N2O6. The highest BCUT2D eigenvalue weighted by Crippen LogP contribution is 2.38. The van der Waals surface area contributed by atoms with Crippen LogP contribution in [0, 0.1) is 5.41 Å². The van der Waals surface area contributed by atoms with Crippen molar-refractivity contribution in [1.82, 2.24) is 10.3 Å². The van der Waals surface area contributed by atoms with E-state index in [1.54, 1.807) is 26.1 Å². The van der Waals surface area contributed by atoms with Crippen LogP contribution < -0.4 is 5.32 Å². The highest BCUT2D eigenvalue weighted by molar-refractivity contribution is 6.01. The summed E-state index contributed by atoms with van der Waals surface area (Å²) in [6, 6.07) is 1.71. The molecule has 2 rings (SSSR count). The van der Waals surface area contributed by atoms with Gasteiger partial charge >= 0.3 is 5.97 Å². The largest absolute Gasteiger partial charge is 0.481 e. The summed E-state index contributed by atoms with van der Waals surface area (Å²) in [5.74, 6) is -2.29. The summed E-state index contributed by atoms with van der Waals surface area (Å²) in [5, 5.41) is 12.6. The van der Waals surface area contributed by atoms with E-state index in [0.717, 1.165) is 12.8 Å². The molecule has 1 aliphatic heterocycles. The fourth-order valence-corrected chi connectivity index (χ4v) is 5.57. The molecule has 8 nitrogen and oxygen atoms in total. The SMILES string of the molecule is CCCCCCCCCCCCCC(=O)NCCCC(CC(=O)O)c1[nH]ccc1C(=O)C1OC(C)(C)OCC1(C)C. The van der Waals surface area contributed by atoms with Crippen LogP contribution in [-0.4, -0.2) is 52.8 Å². The van der Waals surface area contributed by atoms with Gasteiger partial charge in [-0.3, -0.25) is 14.4 Å². The average Bonchev–Trinajstić information content (AvgIpc) is 3.40. The number of H-pyrrole nitrogens is 1. The summed E-state index contributed by atoms with van der Waals surface area (Å²) in [4.78, 5) is 40.8. The Morgan fingerprint density at radius 1 is 0.976 bits per heavy atom. The molecule has 0 saturated carbocycles. The van der Waals surface area contributed by atoms with Crippen LogP contribution in [0.5, 0.6) is 0 Å². The van der Waals surface area contributed by atoms with Crippen LogP contribution >= 0.6 is 0 Å². The molecule has 2 unspecified atom stereocenters. The molecule has 0 aliphatic carbocycles. The number of aromatic amines is 1. The monoisotopic (exact) mass is 576 g/mol. The molecule has 2 atom stereocenters. The van der Waals surface area contributed by atoms with Crippen LogP contribution in [0.3, 0.4) is 0 Å². The first-order chi connectivity index (χ1) is 19.5. The third-order valence-corrected chi connectivity index (χ3v) is 8.07. The van der Waals surface area contributed by atoms with Gasteiger partial charge in [0.05, 0.1) is 13.0 Å². The maximum Gasteiger partial charge on any atom is 0.304 e. The Morgan fingerprint density at radius 2 is 1.59 bits per heavy atom. The summed E-state index contributed by atoms with van der Waals surface area (Å²) in [5.41, 5.74) is 0.558. The van der Waals surface area contributed by atoms with E-state index in [-0.39, 0.29) is 24.0 Å². The Kier molecular flexibility index (Phi) is 15.1. The number of Topliss-reactive ketones (excluding diaryl/α,β-unsaturated/α-hetero) is 1. The molecule has 0 spiro atoms. The lowest BCUT2D eigenvalue weighted by Crippen LogP contribution is -2.53. The third-order valence-electron chi connectivity index (χ3n) is 8.07. The first-order valence-electron chi connectivity index (χ1n) is 16.0. The van der Waals surface area contributed by atoms with Crippen molar-refractivity contribution in [2.75, 3.05) is 13.2 Å². The van der Waals surface area contributed by atoms with Gasteiger partial charge in [-0.25, -0.2) is 0 Å². The average molecular weight is 577 g/mol. The van der Waals surface area contributed by atoms with E-state index in [1.807, 2.05) is 13.8 Å². The number of carboxylic acids is 1. The number of aliphatic carboxylic acids is 1. The number of carboxylic acid groups (broad SMARTS) is 1. The van der Waals surface area contributed by atoms with Crippen molar-refractivity contribution < 1.29 is 29.0 Å². The molecule has 0 bridgehead atoms. The van der Waals surface area contributed by atoms with Gasteiger partial charge in [0.2, 0.25) is 5.91 Å². The topological polar surface area (TPSA) is 118 Å². The number of hydrogen-bond donors (Lipinski definition) is 3. The van der Waals surface area contributed by atoms with Gasteiger partial charge in [0.15, 0.2) is 11.6 Å². The molecule has 1 saturated heterocycles. The molecule has 1 aliphatic rings. The van der Waals surface area contributed by atoms with Crippen LogP contribution in [-0.2, 0) is 19.1 Å². The number of rotatable bonds is 21. The minimum absolute atomic E-state index is 0.0490. The van der Waals surface area contributed by atoms with E-state index < -0.39 is 23.3 Å². The number of carbonyl (C=O) groups is 3. The van der Waals surface area contributed by atoms with Crippen molar-refractivity contribution in [3.05, 3.63) is 23.5 Å². The zero-order valence-electron chi connectivity index (χ0n) is 26.3. The Labute approximate surface area is 247 Å². The molecule has 8 heteroatoms. The van der Waals surface area contributed by atoms with Crippen LogP contribution in [0.2, 0.25) is 0 Å². The molecular weight excluding hydrogens is 520 g/mol. The number of aromatic nitrogens is 1. The highest BCUT2D eigenvalue weighted by atomic mass is 16.7. The van der Waals surface area contributed by atoms with Crippen molar-refractivity contribution in [2.45, 2.75) is 149 Å². The Balaban J connectivity index is 1.76. The number of unbranched alkanes of at least 4 members (excludes halogenated alkanes) is 10. The van der Waals surface area contributed by atoms with Crippen LogP contribution in [0.15, 0.2) is 12.3 Å². The fourth-order valence-electron chi connectivity index (χ4n) is 5.57.